The van der Waals surface area contributed by atoms with Crippen molar-refractivity contribution in [2.45, 2.75) is 6.54 Å². The van der Waals surface area contributed by atoms with Crippen molar-refractivity contribution < 1.29 is 4.39 Å². The zero-order chi connectivity index (χ0) is 11.5. The summed E-state index contributed by atoms with van der Waals surface area (Å²) in [6.07, 6.45) is 0. The van der Waals surface area contributed by atoms with Crippen LogP contribution >= 0.6 is 15.9 Å². The minimum Gasteiger partial charge on any atom is -0.375 e. The van der Waals surface area contributed by atoms with E-state index in [4.69, 9.17) is 0 Å². The first kappa shape index (κ1) is 11.0. The van der Waals surface area contributed by atoms with E-state index in [0.29, 0.717) is 18.1 Å². The number of aromatic nitrogens is 4. The Balaban J connectivity index is 2.07. The van der Waals surface area contributed by atoms with E-state index in [1.165, 1.54) is 10.9 Å². The zero-order valence-electron chi connectivity index (χ0n) is 8.48. The lowest BCUT2D eigenvalue weighted by Crippen LogP contribution is -2.03. The molecule has 2 rings (SSSR count). The molecule has 0 unspecified atom stereocenters. The van der Waals surface area contributed by atoms with Crippen LogP contribution in [0.4, 0.5) is 10.1 Å². The Hall–Kier alpha value is -1.50. The maximum absolute atomic E-state index is 13.3. The minimum absolute atomic E-state index is 0.313. The van der Waals surface area contributed by atoms with E-state index >= 15 is 0 Å². The highest BCUT2D eigenvalue weighted by molar-refractivity contribution is 9.10. The van der Waals surface area contributed by atoms with Gasteiger partial charge in [0.05, 0.1) is 19.3 Å². The standard InChI is InChI=1S/C9H9BrFN5/c1-16-14-9(13-15-16)5-12-8-4-6(10)2-3-7(8)11/h2-4,12H,5H2,1H3. The number of rotatable bonds is 3. The summed E-state index contributed by atoms with van der Waals surface area (Å²) in [4.78, 5) is 1.36. The molecule has 0 spiro atoms. The molecule has 0 aliphatic rings. The lowest BCUT2D eigenvalue weighted by Gasteiger charge is -2.05. The van der Waals surface area contributed by atoms with Crippen molar-refractivity contribution in [3.8, 4) is 0 Å². The summed E-state index contributed by atoms with van der Waals surface area (Å²) in [5.74, 6) is 0.203. The molecule has 0 saturated carbocycles. The molecule has 0 bridgehead atoms. The Morgan fingerprint density at radius 1 is 1.50 bits per heavy atom. The van der Waals surface area contributed by atoms with Crippen LogP contribution in [-0.2, 0) is 13.6 Å². The third-order valence-corrected chi connectivity index (χ3v) is 2.41. The Morgan fingerprint density at radius 3 is 3.00 bits per heavy atom. The molecule has 0 saturated heterocycles. The number of hydrogen-bond donors (Lipinski definition) is 1. The van der Waals surface area contributed by atoms with Gasteiger partial charge in [0.1, 0.15) is 5.82 Å². The lowest BCUT2D eigenvalue weighted by atomic mass is 10.3. The van der Waals surface area contributed by atoms with Crippen LogP contribution in [0.3, 0.4) is 0 Å². The molecule has 2 aromatic rings. The van der Waals surface area contributed by atoms with Crippen molar-refractivity contribution in [1.29, 1.82) is 0 Å². The zero-order valence-corrected chi connectivity index (χ0v) is 10.1. The highest BCUT2D eigenvalue weighted by atomic mass is 79.9. The molecular formula is C9H9BrFN5. The Labute approximate surface area is 99.8 Å². The molecule has 84 valence electrons. The second kappa shape index (κ2) is 4.56. The van der Waals surface area contributed by atoms with Gasteiger partial charge in [0.25, 0.3) is 0 Å². The van der Waals surface area contributed by atoms with Crippen LogP contribution in [0.25, 0.3) is 0 Å². The number of tetrazole rings is 1. The molecule has 0 amide bonds. The maximum atomic E-state index is 13.3. The summed E-state index contributed by atoms with van der Waals surface area (Å²) in [6, 6.07) is 4.68. The van der Waals surface area contributed by atoms with Gasteiger partial charge in [0.15, 0.2) is 5.82 Å². The summed E-state index contributed by atoms with van der Waals surface area (Å²) < 4.78 is 14.1. The molecule has 5 nitrogen and oxygen atoms in total. The highest BCUT2D eigenvalue weighted by Gasteiger charge is 2.04. The van der Waals surface area contributed by atoms with Crippen molar-refractivity contribution >= 4 is 21.6 Å². The molecule has 7 heteroatoms. The number of benzene rings is 1. The predicted molar refractivity (Wildman–Crippen MR) is 60.2 cm³/mol. The quantitative estimate of drug-likeness (QED) is 0.933. The fourth-order valence-corrected chi connectivity index (χ4v) is 1.56. The van der Waals surface area contributed by atoms with E-state index in [1.54, 1.807) is 19.2 Å². The topological polar surface area (TPSA) is 55.6 Å². The molecule has 0 atom stereocenters. The molecule has 0 radical (unpaired) electrons. The first-order chi connectivity index (χ1) is 7.65. The third kappa shape index (κ3) is 2.54. The summed E-state index contributed by atoms with van der Waals surface area (Å²) >= 11 is 3.27. The Bertz CT molecular complexity index is 498. The van der Waals surface area contributed by atoms with Crippen LogP contribution in [0.1, 0.15) is 5.82 Å². The molecular weight excluding hydrogens is 277 g/mol. The van der Waals surface area contributed by atoms with Gasteiger partial charge < -0.3 is 5.32 Å². The minimum atomic E-state index is -0.313. The number of aryl methyl sites for hydroxylation is 1. The van der Waals surface area contributed by atoms with E-state index < -0.39 is 0 Å². The van der Waals surface area contributed by atoms with E-state index in [-0.39, 0.29) is 5.82 Å². The second-order valence-corrected chi connectivity index (χ2v) is 4.09. The van der Waals surface area contributed by atoms with Crippen LogP contribution in [0.5, 0.6) is 0 Å². The number of nitrogens with zero attached hydrogens (tertiary/aromatic N) is 4. The third-order valence-electron chi connectivity index (χ3n) is 1.92. The number of nitrogens with one attached hydrogen (secondary N) is 1. The molecule has 0 aliphatic heterocycles. The van der Waals surface area contributed by atoms with Crippen molar-refractivity contribution in [2.24, 2.45) is 7.05 Å². The van der Waals surface area contributed by atoms with Gasteiger partial charge in [-0.2, -0.15) is 4.80 Å². The average molecular weight is 286 g/mol. The lowest BCUT2D eigenvalue weighted by molar-refractivity contribution is 0.626. The van der Waals surface area contributed by atoms with Gasteiger partial charge in [-0.3, -0.25) is 0 Å². The summed E-state index contributed by atoms with van der Waals surface area (Å²) in [5, 5.41) is 14.3. The normalized spacial score (nSPS) is 10.4. The monoisotopic (exact) mass is 285 g/mol. The smallest absolute Gasteiger partial charge is 0.193 e. The highest BCUT2D eigenvalue weighted by Crippen LogP contribution is 2.20. The van der Waals surface area contributed by atoms with Crippen LogP contribution in [0, 0.1) is 5.82 Å². The van der Waals surface area contributed by atoms with E-state index in [1.807, 2.05) is 0 Å². The molecule has 1 aromatic carbocycles. The van der Waals surface area contributed by atoms with Crippen LogP contribution in [0.15, 0.2) is 22.7 Å². The van der Waals surface area contributed by atoms with Crippen LogP contribution < -0.4 is 5.32 Å². The molecule has 0 aliphatic carbocycles. The fraction of sp³-hybridized carbons (Fsp3) is 0.222. The molecule has 1 aromatic heterocycles. The van der Waals surface area contributed by atoms with E-state index in [0.717, 1.165) is 4.47 Å². The van der Waals surface area contributed by atoms with Crippen molar-refractivity contribution in [1.82, 2.24) is 20.2 Å². The largest absolute Gasteiger partial charge is 0.375 e. The van der Waals surface area contributed by atoms with Gasteiger partial charge in [-0.15, -0.1) is 10.2 Å². The van der Waals surface area contributed by atoms with E-state index in [9.17, 15) is 4.39 Å². The Kier molecular flexibility index (Phi) is 3.14. The molecule has 16 heavy (non-hydrogen) atoms. The van der Waals surface area contributed by atoms with Crippen molar-refractivity contribution in [2.75, 3.05) is 5.32 Å². The van der Waals surface area contributed by atoms with Gasteiger partial charge in [0, 0.05) is 4.47 Å². The fourth-order valence-electron chi connectivity index (χ4n) is 1.20. The molecule has 1 N–H and O–H groups in total. The van der Waals surface area contributed by atoms with Gasteiger partial charge >= 0.3 is 0 Å². The van der Waals surface area contributed by atoms with Crippen molar-refractivity contribution in [3.05, 3.63) is 34.3 Å². The van der Waals surface area contributed by atoms with Gasteiger partial charge in [-0.25, -0.2) is 4.39 Å². The van der Waals surface area contributed by atoms with Crippen LogP contribution in [-0.4, -0.2) is 20.2 Å². The molecule has 0 fully saturated rings. The van der Waals surface area contributed by atoms with Gasteiger partial charge in [0.2, 0.25) is 0 Å². The number of anilines is 1. The van der Waals surface area contributed by atoms with Crippen LogP contribution in [0.2, 0.25) is 0 Å². The summed E-state index contributed by atoms with van der Waals surface area (Å²) in [5.41, 5.74) is 0.404. The number of hydrogen-bond acceptors (Lipinski definition) is 4. The summed E-state index contributed by atoms with van der Waals surface area (Å²) in [6.45, 7) is 0.335. The SMILES string of the molecule is Cn1nnc(CNc2cc(Br)ccc2F)n1. The number of halogens is 2. The maximum Gasteiger partial charge on any atom is 0.193 e. The van der Waals surface area contributed by atoms with Crippen molar-refractivity contribution in [3.63, 3.8) is 0 Å². The first-order valence-corrected chi connectivity index (χ1v) is 5.36. The first-order valence-electron chi connectivity index (χ1n) is 4.57. The van der Waals surface area contributed by atoms with E-state index in [2.05, 4.69) is 36.7 Å². The average Bonchev–Trinajstić information content (AvgIpc) is 2.66. The second-order valence-electron chi connectivity index (χ2n) is 3.17. The predicted octanol–water partition coefficient (Wildman–Crippen LogP) is 1.72. The molecule has 1 heterocycles. The van der Waals surface area contributed by atoms with Gasteiger partial charge in [-0.1, -0.05) is 15.9 Å². The van der Waals surface area contributed by atoms with Gasteiger partial charge in [-0.05, 0) is 23.4 Å². The Morgan fingerprint density at radius 2 is 2.31 bits per heavy atom. The summed E-state index contributed by atoms with van der Waals surface area (Å²) in [7, 11) is 1.68.